The van der Waals surface area contributed by atoms with Gasteiger partial charge in [-0.3, -0.25) is 9.69 Å². The van der Waals surface area contributed by atoms with Gasteiger partial charge in [-0.25, -0.2) is 12.8 Å². The average Bonchev–Trinajstić information content (AvgIpc) is 2.92. The monoisotopic (exact) mass is 463 g/mol. The summed E-state index contributed by atoms with van der Waals surface area (Å²) in [6.07, 6.45) is 0.916. The maximum atomic E-state index is 14.0. The first-order valence-corrected chi connectivity index (χ1v) is 12.7. The van der Waals surface area contributed by atoms with E-state index in [1.165, 1.54) is 22.5 Å². The molecule has 2 aromatic rings. The molecule has 0 spiro atoms. The fraction of sp³-hybridized carbons (Fsp3) is 0.409. The molecule has 1 atom stereocenters. The summed E-state index contributed by atoms with van der Waals surface area (Å²) >= 11 is 1.79. The molecule has 4 rings (SSSR count). The lowest BCUT2D eigenvalue weighted by molar-refractivity contribution is -0.120. The van der Waals surface area contributed by atoms with Gasteiger partial charge in [-0.05, 0) is 30.7 Å². The summed E-state index contributed by atoms with van der Waals surface area (Å²) in [6, 6.07) is 13.4. The molecule has 0 saturated carbocycles. The number of hydrogen-bond acceptors (Lipinski definition) is 5. The number of hydrogen-bond donors (Lipinski definition) is 0. The second-order valence-electron chi connectivity index (χ2n) is 7.84. The molecule has 0 unspecified atom stereocenters. The van der Waals surface area contributed by atoms with Crippen molar-refractivity contribution in [2.75, 3.05) is 44.2 Å². The normalized spacial score (nSPS) is 20.8. The third-order valence-electron chi connectivity index (χ3n) is 5.69. The number of sulfonamides is 1. The summed E-state index contributed by atoms with van der Waals surface area (Å²) in [5.74, 6) is -0.723. The van der Waals surface area contributed by atoms with Crippen LogP contribution in [-0.2, 0) is 14.8 Å². The lowest BCUT2D eigenvalue weighted by Crippen LogP contribution is -2.51. The number of anilines is 1. The Balaban J connectivity index is 1.40. The first kappa shape index (κ1) is 22.3. The highest BCUT2D eigenvalue weighted by molar-refractivity contribution is 8.00. The van der Waals surface area contributed by atoms with Crippen LogP contribution in [0.2, 0.25) is 0 Å². The highest BCUT2D eigenvalue weighted by Gasteiger charge is 2.32. The third kappa shape index (κ3) is 4.79. The quantitative estimate of drug-likeness (QED) is 0.698. The SMILES string of the molecule is C[C@@H]1CCN(C(=O)CN2CCN(S(=O)(=O)c3ccccc3F)CC2)c2ccccc2S1. The molecule has 0 aliphatic carbocycles. The summed E-state index contributed by atoms with van der Waals surface area (Å²) < 4.78 is 40.9. The number of thioether (sulfide) groups is 1. The van der Waals surface area contributed by atoms with Crippen LogP contribution in [0.3, 0.4) is 0 Å². The molecular weight excluding hydrogens is 437 g/mol. The topological polar surface area (TPSA) is 60.9 Å². The zero-order valence-electron chi connectivity index (χ0n) is 17.4. The van der Waals surface area contributed by atoms with Crippen LogP contribution in [0.4, 0.5) is 10.1 Å². The zero-order valence-corrected chi connectivity index (χ0v) is 19.0. The van der Waals surface area contributed by atoms with Crippen molar-refractivity contribution in [3.05, 3.63) is 54.3 Å². The Bertz CT molecular complexity index is 1060. The standard InChI is InChI=1S/C22H26FN3O3S2/c1-17-10-11-26(19-7-3-4-8-20(19)30-17)22(27)16-24-12-14-25(15-13-24)31(28,29)21-9-5-2-6-18(21)23/h2-9,17H,10-16H2,1H3/t17-/m1/s1. The minimum absolute atomic E-state index is 0.0209. The molecule has 1 fully saturated rings. The Morgan fingerprint density at radius 2 is 1.71 bits per heavy atom. The zero-order chi connectivity index (χ0) is 22.0. The van der Waals surface area contributed by atoms with E-state index in [1.807, 2.05) is 28.0 Å². The van der Waals surface area contributed by atoms with Crippen LogP contribution in [0.25, 0.3) is 0 Å². The fourth-order valence-electron chi connectivity index (χ4n) is 3.94. The van der Waals surface area contributed by atoms with Crippen LogP contribution in [0.1, 0.15) is 13.3 Å². The second-order valence-corrected chi connectivity index (χ2v) is 11.2. The van der Waals surface area contributed by atoms with Crippen LogP contribution in [-0.4, -0.2) is 68.0 Å². The molecule has 2 aliphatic heterocycles. The predicted octanol–water partition coefficient (Wildman–Crippen LogP) is 3.05. The number of amides is 1. The van der Waals surface area contributed by atoms with Gasteiger partial charge in [-0.2, -0.15) is 4.31 Å². The van der Waals surface area contributed by atoms with Crippen LogP contribution in [0.15, 0.2) is 58.3 Å². The molecular formula is C22H26FN3O3S2. The highest BCUT2D eigenvalue weighted by Crippen LogP contribution is 2.37. The highest BCUT2D eigenvalue weighted by atomic mass is 32.2. The Hall–Kier alpha value is -1.94. The van der Waals surface area contributed by atoms with E-state index in [2.05, 4.69) is 13.0 Å². The maximum Gasteiger partial charge on any atom is 0.246 e. The van der Waals surface area contributed by atoms with Gasteiger partial charge in [-0.15, -0.1) is 11.8 Å². The first-order valence-electron chi connectivity index (χ1n) is 10.4. The van der Waals surface area contributed by atoms with Crippen molar-refractivity contribution in [1.82, 2.24) is 9.21 Å². The summed E-state index contributed by atoms with van der Waals surface area (Å²) in [5, 5.41) is 0.436. The van der Waals surface area contributed by atoms with Gasteiger partial charge >= 0.3 is 0 Å². The molecule has 0 bridgehead atoms. The molecule has 2 aliphatic rings. The van der Waals surface area contributed by atoms with E-state index < -0.39 is 15.8 Å². The van der Waals surface area contributed by atoms with E-state index >= 15 is 0 Å². The number of fused-ring (bicyclic) bond motifs is 1. The number of carbonyl (C=O) groups is 1. The first-order chi connectivity index (χ1) is 14.9. The van der Waals surface area contributed by atoms with E-state index in [4.69, 9.17) is 0 Å². The van der Waals surface area contributed by atoms with Crippen LogP contribution in [0.5, 0.6) is 0 Å². The Kier molecular flexibility index (Phi) is 6.66. The molecule has 1 amide bonds. The van der Waals surface area contributed by atoms with Gasteiger partial charge in [0.25, 0.3) is 0 Å². The number of rotatable bonds is 4. The van der Waals surface area contributed by atoms with Gasteiger partial charge in [-0.1, -0.05) is 31.2 Å². The molecule has 0 aromatic heterocycles. The molecule has 31 heavy (non-hydrogen) atoms. The Morgan fingerprint density at radius 3 is 2.45 bits per heavy atom. The molecule has 6 nitrogen and oxygen atoms in total. The van der Waals surface area contributed by atoms with E-state index in [0.717, 1.165) is 23.1 Å². The van der Waals surface area contributed by atoms with Crippen molar-refractivity contribution < 1.29 is 17.6 Å². The molecule has 166 valence electrons. The van der Waals surface area contributed by atoms with Gasteiger partial charge in [0, 0.05) is 42.9 Å². The van der Waals surface area contributed by atoms with E-state index in [9.17, 15) is 17.6 Å². The number of halogens is 1. The van der Waals surface area contributed by atoms with E-state index in [1.54, 1.807) is 11.8 Å². The van der Waals surface area contributed by atoms with Gasteiger partial charge in [0.1, 0.15) is 10.7 Å². The number of carbonyl (C=O) groups excluding carboxylic acids is 1. The maximum absolute atomic E-state index is 14.0. The van der Waals surface area contributed by atoms with Crippen molar-refractivity contribution in [3.63, 3.8) is 0 Å². The molecule has 0 N–H and O–H groups in total. The van der Waals surface area contributed by atoms with Crippen LogP contribution < -0.4 is 4.90 Å². The minimum atomic E-state index is -3.88. The third-order valence-corrected chi connectivity index (χ3v) is 8.86. The van der Waals surface area contributed by atoms with Crippen molar-refractivity contribution in [2.45, 2.75) is 28.4 Å². The number of nitrogens with zero attached hydrogens (tertiary/aromatic N) is 3. The second kappa shape index (κ2) is 9.28. The number of para-hydroxylation sites is 1. The molecule has 2 heterocycles. The van der Waals surface area contributed by atoms with Crippen LogP contribution >= 0.6 is 11.8 Å². The van der Waals surface area contributed by atoms with Crippen molar-refractivity contribution in [1.29, 1.82) is 0 Å². The Morgan fingerprint density at radius 1 is 1.03 bits per heavy atom. The average molecular weight is 464 g/mol. The van der Waals surface area contributed by atoms with E-state index in [-0.39, 0.29) is 30.4 Å². The number of piperazine rings is 1. The van der Waals surface area contributed by atoms with Gasteiger partial charge in [0.15, 0.2) is 0 Å². The largest absolute Gasteiger partial charge is 0.310 e. The lowest BCUT2D eigenvalue weighted by Gasteiger charge is -2.34. The lowest BCUT2D eigenvalue weighted by atomic mass is 10.2. The Labute approximate surface area is 187 Å². The van der Waals surface area contributed by atoms with Crippen molar-refractivity contribution >= 4 is 33.4 Å². The van der Waals surface area contributed by atoms with E-state index in [0.29, 0.717) is 24.9 Å². The number of benzene rings is 2. The summed E-state index contributed by atoms with van der Waals surface area (Å²) in [6.45, 7) is 4.40. The van der Waals surface area contributed by atoms with Crippen molar-refractivity contribution in [3.8, 4) is 0 Å². The molecule has 1 saturated heterocycles. The van der Waals surface area contributed by atoms with Crippen molar-refractivity contribution in [2.24, 2.45) is 0 Å². The summed E-state index contributed by atoms with van der Waals surface area (Å²) in [4.78, 5) is 17.8. The minimum Gasteiger partial charge on any atom is -0.310 e. The smallest absolute Gasteiger partial charge is 0.246 e. The molecule has 0 radical (unpaired) electrons. The van der Waals surface area contributed by atoms with Gasteiger partial charge < -0.3 is 4.90 Å². The molecule has 9 heteroatoms. The fourth-order valence-corrected chi connectivity index (χ4v) is 6.54. The van der Waals surface area contributed by atoms with Gasteiger partial charge in [0.05, 0.1) is 12.2 Å². The predicted molar refractivity (Wildman–Crippen MR) is 120 cm³/mol. The van der Waals surface area contributed by atoms with Gasteiger partial charge in [0.2, 0.25) is 15.9 Å². The summed E-state index contributed by atoms with van der Waals surface area (Å²) in [5.41, 5.74) is 0.947. The summed E-state index contributed by atoms with van der Waals surface area (Å²) in [7, 11) is -3.88. The molecule has 2 aromatic carbocycles. The van der Waals surface area contributed by atoms with Crippen LogP contribution in [0, 0.1) is 5.82 Å².